The molecular weight excluding hydrogens is 282 g/mol. The lowest BCUT2D eigenvalue weighted by Gasteiger charge is -2.20. The molecule has 2 rings (SSSR count). The minimum absolute atomic E-state index is 0.0191. The molecule has 0 aromatic heterocycles. The molecule has 1 heterocycles. The van der Waals surface area contributed by atoms with Crippen molar-refractivity contribution >= 4 is 21.4 Å². The van der Waals surface area contributed by atoms with Gasteiger partial charge in [0.2, 0.25) is 10.0 Å². The molecule has 0 fully saturated rings. The molecule has 7 nitrogen and oxygen atoms in total. The highest BCUT2D eigenvalue weighted by Crippen LogP contribution is 2.36. The number of fused-ring (bicyclic) bond motifs is 1. The van der Waals surface area contributed by atoms with Gasteiger partial charge >= 0.3 is 0 Å². The highest BCUT2D eigenvalue weighted by molar-refractivity contribution is 7.89. The van der Waals surface area contributed by atoms with Crippen molar-refractivity contribution < 1.29 is 17.9 Å². The summed E-state index contributed by atoms with van der Waals surface area (Å²) in [5.41, 5.74) is 7.03. The van der Waals surface area contributed by atoms with Gasteiger partial charge in [-0.05, 0) is 0 Å². The van der Waals surface area contributed by atoms with Crippen molar-refractivity contribution in [2.24, 2.45) is 0 Å². The lowest BCUT2D eigenvalue weighted by molar-refractivity contribution is 0.172. The third-order valence-electron chi connectivity index (χ3n) is 2.76. The molecule has 1 aliphatic rings. The van der Waals surface area contributed by atoms with Crippen LogP contribution < -0.4 is 25.2 Å². The van der Waals surface area contributed by atoms with Crippen molar-refractivity contribution in [3.05, 3.63) is 12.1 Å². The van der Waals surface area contributed by atoms with Gasteiger partial charge in [0.05, 0.1) is 17.1 Å². The molecule has 0 saturated carbocycles. The van der Waals surface area contributed by atoms with E-state index in [1.807, 2.05) is 0 Å². The van der Waals surface area contributed by atoms with Crippen LogP contribution in [0.25, 0.3) is 0 Å². The summed E-state index contributed by atoms with van der Waals surface area (Å²) in [7, 11) is -3.24. The number of benzene rings is 1. The number of nitrogens with two attached hydrogens (primary N) is 1. The summed E-state index contributed by atoms with van der Waals surface area (Å²) in [6.07, 6.45) is 0. The first kappa shape index (κ1) is 14.7. The van der Waals surface area contributed by atoms with Gasteiger partial charge in [0.25, 0.3) is 0 Å². The molecule has 0 atom stereocenters. The Bertz CT molecular complexity index is 574. The van der Waals surface area contributed by atoms with E-state index < -0.39 is 10.0 Å². The van der Waals surface area contributed by atoms with E-state index in [2.05, 4.69) is 10.0 Å². The quantitative estimate of drug-likeness (QED) is 0.657. The van der Waals surface area contributed by atoms with Crippen molar-refractivity contribution in [3.63, 3.8) is 0 Å². The number of nitrogens with one attached hydrogen (secondary N) is 2. The van der Waals surface area contributed by atoms with Crippen molar-refractivity contribution in [2.45, 2.75) is 6.92 Å². The molecule has 0 radical (unpaired) electrons. The molecule has 0 bridgehead atoms. The molecule has 0 unspecified atom stereocenters. The average molecular weight is 301 g/mol. The van der Waals surface area contributed by atoms with Gasteiger partial charge in [-0.15, -0.1) is 0 Å². The normalized spacial score (nSPS) is 14.1. The van der Waals surface area contributed by atoms with Gasteiger partial charge in [-0.3, -0.25) is 0 Å². The summed E-state index contributed by atoms with van der Waals surface area (Å²) in [6.45, 7) is 3.38. The second-order valence-corrected chi connectivity index (χ2v) is 6.25. The number of rotatable bonds is 6. The molecule has 1 aromatic rings. The first-order valence-corrected chi connectivity index (χ1v) is 8.07. The number of sulfonamides is 1. The smallest absolute Gasteiger partial charge is 0.213 e. The molecule has 4 N–H and O–H groups in total. The van der Waals surface area contributed by atoms with E-state index in [0.717, 1.165) is 0 Å². The molecule has 112 valence electrons. The molecule has 8 heteroatoms. The van der Waals surface area contributed by atoms with E-state index in [-0.39, 0.29) is 12.3 Å². The minimum Gasteiger partial charge on any atom is -0.486 e. The van der Waals surface area contributed by atoms with Crippen molar-refractivity contribution in [2.75, 3.05) is 43.1 Å². The van der Waals surface area contributed by atoms with Gasteiger partial charge in [-0.1, -0.05) is 6.92 Å². The maximum Gasteiger partial charge on any atom is 0.213 e. The number of hydrogen-bond acceptors (Lipinski definition) is 6. The Morgan fingerprint density at radius 2 is 1.90 bits per heavy atom. The van der Waals surface area contributed by atoms with Crippen molar-refractivity contribution in [1.29, 1.82) is 0 Å². The second-order valence-electron chi connectivity index (χ2n) is 4.33. The number of ether oxygens (including phenoxy) is 2. The largest absolute Gasteiger partial charge is 0.486 e. The predicted octanol–water partition coefficient (Wildman–Crippen LogP) is 0.391. The molecule has 0 spiro atoms. The Morgan fingerprint density at radius 1 is 1.25 bits per heavy atom. The Balaban J connectivity index is 2.00. The lowest BCUT2D eigenvalue weighted by atomic mass is 10.2. The van der Waals surface area contributed by atoms with E-state index in [1.54, 1.807) is 19.1 Å². The zero-order valence-electron chi connectivity index (χ0n) is 11.3. The summed E-state index contributed by atoms with van der Waals surface area (Å²) < 4.78 is 36.3. The Labute approximate surface area is 118 Å². The molecule has 0 amide bonds. The Morgan fingerprint density at radius 3 is 2.55 bits per heavy atom. The molecular formula is C12H19N3O4S. The number of nitrogen functional groups attached to an aromatic ring is 1. The Hall–Kier alpha value is -1.67. The van der Waals surface area contributed by atoms with Crippen LogP contribution in [0.3, 0.4) is 0 Å². The maximum atomic E-state index is 11.5. The fourth-order valence-electron chi connectivity index (χ4n) is 1.87. The van der Waals surface area contributed by atoms with Gasteiger partial charge in [0.1, 0.15) is 13.2 Å². The zero-order chi connectivity index (χ0) is 14.6. The summed E-state index contributed by atoms with van der Waals surface area (Å²) in [6, 6.07) is 3.40. The summed E-state index contributed by atoms with van der Waals surface area (Å²) >= 11 is 0. The number of hydrogen-bond donors (Lipinski definition) is 3. The van der Waals surface area contributed by atoms with Crippen LogP contribution in [0.2, 0.25) is 0 Å². The maximum absolute atomic E-state index is 11.5. The van der Waals surface area contributed by atoms with E-state index in [9.17, 15) is 8.42 Å². The third-order valence-corrected chi connectivity index (χ3v) is 4.23. The molecule has 0 aliphatic carbocycles. The molecule has 1 aromatic carbocycles. The van der Waals surface area contributed by atoms with Crippen LogP contribution in [0.4, 0.5) is 11.4 Å². The van der Waals surface area contributed by atoms with Gasteiger partial charge < -0.3 is 20.5 Å². The zero-order valence-corrected chi connectivity index (χ0v) is 12.1. The second kappa shape index (κ2) is 6.19. The van der Waals surface area contributed by atoms with E-state index in [1.165, 1.54) is 0 Å². The fourth-order valence-corrected chi connectivity index (χ4v) is 2.82. The average Bonchev–Trinajstić information content (AvgIpc) is 2.39. The van der Waals surface area contributed by atoms with Crippen LogP contribution in [0.5, 0.6) is 11.5 Å². The fraction of sp³-hybridized carbons (Fsp3) is 0.500. The van der Waals surface area contributed by atoms with Gasteiger partial charge in [-0.2, -0.15) is 0 Å². The first-order valence-electron chi connectivity index (χ1n) is 6.42. The third kappa shape index (κ3) is 3.67. The van der Waals surface area contributed by atoms with Gasteiger partial charge in [-0.25, -0.2) is 13.1 Å². The number of anilines is 2. The monoisotopic (exact) mass is 301 g/mol. The predicted molar refractivity (Wildman–Crippen MR) is 77.8 cm³/mol. The van der Waals surface area contributed by atoms with Gasteiger partial charge in [0, 0.05) is 25.2 Å². The molecule has 1 aliphatic heterocycles. The van der Waals surface area contributed by atoms with Crippen LogP contribution in [0.1, 0.15) is 6.92 Å². The molecule has 0 saturated heterocycles. The first-order chi connectivity index (χ1) is 9.52. The van der Waals surface area contributed by atoms with Crippen LogP contribution in [-0.4, -0.2) is 40.5 Å². The van der Waals surface area contributed by atoms with Crippen molar-refractivity contribution in [1.82, 2.24) is 4.72 Å². The summed E-state index contributed by atoms with van der Waals surface area (Å²) in [5.74, 6) is 1.21. The topological polar surface area (TPSA) is 103 Å². The van der Waals surface area contributed by atoms with E-state index in [4.69, 9.17) is 15.2 Å². The standard InChI is InChI=1S/C12H19N3O4S/c1-2-15-20(16,17)6-3-14-10-8-12-11(7-9(10)13)18-4-5-19-12/h7-8,14-15H,2-6,13H2,1H3. The summed E-state index contributed by atoms with van der Waals surface area (Å²) in [4.78, 5) is 0. The molecule has 20 heavy (non-hydrogen) atoms. The van der Waals surface area contributed by atoms with E-state index in [0.29, 0.717) is 42.6 Å². The van der Waals surface area contributed by atoms with Crippen molar-refractivity contribution in [3.8, 4) is 11.5 Å². The van der Waals surface area contributed by atoms with Crippen LogP contribution in [0, 0.1) is 0 Å². The highest BCUT2D eigenvalue weighted by atomic mass is 32.2. The minimum atomic E-state index is -3.24. The van der Waals surface area contributed by atoms with Crippen LogP contribution in [0.15, 0.2) is 12.1 Å². The summed E-state index contributed by atoms with van der Waals surface area (Å²) in [5, 5.41) is 3.00. The highest BCUT2D eigenvalue weighted by Gasteiger charge is 2.15. The lowest BCUT2D eigenvalue weighted by Crippen LogP contribution is -2.29. The van der Waals surface area contributed by atoms with Crippen LogP contribution in [-0.2, 0) is 10.0 Å². The Kier molecular flexibility index (Phi) is 4.56. The van der Waals surface area contributed by atoms with Gasteiger partial charge in [0.15, 0.2) is 11.5 Å². The van der Waals surface area contributed by atoms with E-state index >= 15 is 0 Å². The SMILES string of the molecule is CCNS(=O)(=O)CCNc1cc2c(cc1N)OCCO2. The van der Waals surface area contributed by atoms with Crippen LogP contribution >= 0.6 is 0 Å².